The van der Waals surface area contributed by atoms with E-state index in [1.165, 1.54) is 12.2 Å². The summed E-state index contributed by atoms with van der Waals surface area (Å²) >= 11 is 0. The summed E-state index contributed by atoms with van der Waals surface area (Å²) in [4.78, 5) is 73.4. The van der Waals surface area contributed by atoms with Crippen LogP contribution >= 0.6 is 0 Å². The molecule has 1 unspecified atom stereocenters. The molecule has 230 valence electrons. The summed E-state index contributed by atoms with van der Waals surface area (Å²) < 4.78 is 0. The first kappa shape index (κ1) is 35.9. The molecule has 0 aliphatic rings. The number of nitrogens with two attached hydrogens (primary N) is 1. The van der Waals surface area contributed by atoms with Gasteiger partial charge in [0.15, 0.2) is 5.78 Å². The lowest BCUT2D eigenvalue weighted by atomic mass is 9.98. The van der Waals surface area contributed by atoms with Crippen molar-refractivity contribution in [1.29, 1.82) is 0 Å². The van der Waals surface area contributed by atoms with Crippen molar-refractivity contribution in [2.24, 2.45) is 11.7 Å². The maximum Gasteiger partial charge on any atom is 0.312 e. The van der Waals surface area contributed by atoms with Crippen molar-refractivity contribution in [1.82, 2.24) is 26.6 Å². The Labute approximate surface area is 248 Å². The SMILES string of the molecule is BC[C@@H](C)NC(=O)[C@H](CCCNC(N)=O)NC(=O)C(NC(=O)CCCCNC(=O)/C=C/C(=O)c1ccccc1)C(C)C. The molecule has 0 fully saturated rings. The Morgan fingerprint density at radius 2 is 1.50 bits per heavy atom. The Kier molecular flexibility index (Phi) is 16.9. The van der Waals surface area contributed by atoms with Gasteiger partial charge >= 0.3 is 6.03 Å². The lowest BCUT2D eigenvalue weighted by Gasteiger charge is -2.26. The number of hydrogen-bond donors (Lipinski definition) is 6. The Bertz CT molecular complexity index is 1080. The van der Waals surface area contributed by atoms with E-state index in [0.717, 1.165) is 0 Å². The summed E-state index contributed by atoms with van der Waals surface area (Å²) in [6, 6.07) is 6.16. The lowest BCUT2D eigenvalue weighted by molar-refractivity contribution is -0.133. The summed E-state index contributed by atoms with van der Waals surface area (Å²) in [5.74, 6) is -2.06. The normalized spacial score (nSPS) is 13.0. The maximum atomic E-state index is 13.1. The largest absolute Gasteiger partial charge is 0.353 e. The lowest BCUT2D eigenvalue weighted by Crippen LogP contribution is -2.56. The van der Waals surface area contributed by atoms with Crippen molar-refractivity contribution < 1.29 is 28.8 Å². The molecule has 0 saturated heterocycles. The second-order valence-electron chi connectivity index (χ2n) is 10.4. The van der Waals surface area contributed by atoms with Gasteiger partial charge in [-0.1, -0.05) is 50.5 Å². The highest BCUT2D eigenvalue weighted by Crippen LogP contribution is 2.07. The Hall–Kier alpha value is -4.16. The average Bonchev–Trinajstić information content (AvgIpc) is 2.95. The minimum Gasteiger partial charge on any atom is -0.353 e. The van der Waals surface area contributed by atoms with Crippen LogP contribution < -0.4 is 32.3 Å². The number of amides is 6. The quantitative estimate of drug-likeness (QED) is 0.0589. The third-order valence-corrected chi connectivity index (χ3v) is 6.44. The molecule has 0 aromatic heterocycles. The number of urea groups is 1. The van der Waals surface area contributed by atoms with Crippen LogP contribution in [0.15, 0.2) is 42.5 Å². The first-order chi connectivity index (χ1) is 19.9. The predicted octanol–water partition coefficient (Wildman–Crippen LogP) is 0.342. The number of nitrogens with one attached hydrogen (secondary N) is 5. The number of unbranched alkanes of at least 4 members (excludes halogenated alkanes) is 1. The molecule has 42 heavy (non-hydrogen) atoms. The molecule has 0 spiro atoms. The fourth-order valence-electron chi connectivity index (χ4n) is 3.81. The zero-order chi connectivity index (χ0) is 31.5. The molecule has 6 amide bonds. The molecule has 1 aromatic carbocycles. The van der Waals surface area contributed by atoms with E-state index in [0.29, 0.717) is 37.7 Å². The Morgan fingerprint density at radius 1 is 0.833 bits per heavy atom. The number of carbonyl (C=O) groups excluding carboxylic acids is 6. The molecule has 0 saturated carbocycles. The standard InChI is InChI=1S/C29H45BN6O6/c1-19(2)26(28(41)35-22(12-9-17-33-29(31)42)27(40)34-20(3)18-30)36-25(39)13-7-8-16-32-24(38)15-14-23(37)21-10-5-4-6-11-21/h4-6,10-11,14-15,19-20,22,26H,7-9,12-13,16-18,30H2,1-3H3,(H,32,38)(H,34,40)(H,35,41)(H,36,39)(H3,31,33,42)/b15-14+/t20-,22+,26?/m1/s1. The van der Waals surface area contributed by atoms with Gasteiger partial charge in [0.1, 0.15) is 19.9 Å². The van der Waals surface area contributed by atoms with E-state index in [9.17, 15) is 28.8 Å². The van der Waals surface area contributed by atoms with Crippen LogP contribution in [0.25, 0.3) is 0 Å². The molecule has 0 aliphatic carbocycles. The van der Waals surface area contributed by atoms with Crippen LogP contribution in [-0.2, 0) is 19.2 Å². The molecule has 12 nitrogen and oxygen atoms in total. The molecule has 3 atom stereocenters. The summed E-state index contributed by atoms with van der Waals surface area (Å²) in [6.45, 7) is 6.02. The fourth-order valence-corrected chi connectivity index (χ4v) is 3.81. The van der Waals surface area contributed by atoms with Crippen LogP contribution in [0.3, 0.4) is 0 Å². The van der Waals surface area contributed by atoms with Crippen molar-refractivity contribution in [3.63, 3.8) is 0 Å². The van der Waals surface area contributed by atoms with Crippen LogP contribution in [0, 0.1) is 5.92 Å². The van der Waals surface area contributed by atoms with Crippen molar-refractivity contribution >= 4 is 43.3 Å². The van der Waals surface area contributed by atoms with Gasteiger partial charge in [0, 0.05) is 37.2 Å². The molecule has 1 aromatic rings. The minimum atomic E-state index is -0.855. The molecule has 0 radical (unpaired) electrons. The minimum absolute atomic E-state index is 0.0844. The third-order valence-electron chi connectivity index (χ3n) is 6.44. The number of ketones is 1. The second kappa shape index (κ2) is 19.8. The molecule has 0 aliphatic heterocycles. The van der Waals surface area contributed by atoms with E-state index in [4.69, 9.17) is 5.73 Å². The molecule has 7 N–H and O–H groups in total. The second-order valence-corrected chi connectivity index (χ2v) is 10.4. The summed E-state index contributed by atoms with van der Waals surface area (Å²) in [5, 5.41) is 13.5. The van der Waals surface area contributed by atoms with E-state index in [2.05, 4.69) is 26.6 Å². The molecule has 0 heterocycles. The number of benzene rings is 1. The molecule has 13 heteroatoms. The first-order valence-electron chi connectivity index (χ1n) is 14.4. The Balaban J connectivity index is 2.54. The summed E-state index contributed by atoms with van der Waals surface area (Å²) in [6.07, 6.45) is 4.93. The monoisotopic (exact) mass is 584 g/mol. The van der Waals surface area contributed by atoms with Crippen LogP contribution in [0.4, 0.5) is 4.79 Å². The highest BCUT2D eigenvalue weighted by atomic mass is 16.2. The van der Waals surface area contributed by atoms with Gasteiger partial charge in [0.2, 0.25) is 23.6 Å². The maximum absolute atomic E-state index is 13.1. The summed E-state index contributed by atoms with van der Waals surface area (Å²) in [7, 11) is 1.93. The van der Waals surface area contributed by atoms with Gasteiger partial charge in [0.25, 0.3) is 0 Å². The van der Waals surface area contributed by atoms with Gasteiger partial charge in [-0.3, -0.25) is 24.0 Å². The van der Waals surface area contributed by atoms with Crippen molar-refractivity contribution in [2.45, 2.75) is 77.3 Å². The fraction of sp³-hybridized carbons (Fsp3) is 0.517. The number of primary amides is 1. The van der Waals surface area contributed by atoms with Gasteiger partial charge < -0.3 is 32.3 Å². The van der Waals surface area contributed by atoms with E-state index >= 15 is 0 Å². The third kappa shape index (κ3) is 15.0. The van der Waals surface area contributed by atoms with Gasteiger partial charge in [-0.25, -0.2) is 4.79 Å². The zero-order valence-electron chi connectivity index (χ0n) is 25.0. The molecule has 0 bridgehead atoms. The number of carbonyl (C=O) groups is 6. The van der Waals surface area contributed by atoms with E-state index in [-0.39, 0.29) is 48.9 Å². The summed E-state index contributed by atoms with van der Waals surface area (Å²) in [5.41, 5.74) is 5.58. The zero-order valence-corrected chi connectivity index (χ0v) is 25.0. The van der Waals surface area contributed by atoms with Crippen LogP contribution in [0.2, 0.25) is 6.32 Å². The predicted molar refractivity (Wildman–Crippen MR) is 163 cm³/mol. The highest BCUT2D eigenvalue weighted by Gasteiger charge is 2.29. The topological polar surface area (TPSA) is 189 Å². The van der Waals surface area contributed by atoms with Gasteiger partial charge in [-0.2, -0.15) is 0 Å². The van der Waals surface area contributed by atoms with E-state index < -0.39 is 29.9 Å². The van der Waals surface area contributed by atoms with Crippen molar-refractivity contribution in [3.8, 4) is 0 Å². The number of hydrogen-bond acceptors (Lipinski definition) is 6. The number of allylic oxidation sites excluding steroid dienone is 1. The smallest absolute Gasteiger partial charge is 0.312 e. The van der Waals surface area contributed by atoms with Crippen molar-refractivity contribution in [2.75, 3.05) is 13.1 Å². The van der Waals surface area contributed by atoms with Crippen molar-refractivity contribution in [3.05, 3.63) is 48.0 Å². The van der Waals surface area contributed by atoms with E-state index in [1.807, 2.05) is 14.8 Å². The van der Waals surface area contributed by atoms with Gasteiger partial charge in [-0.05, 0) is 44.6 Å². The van der Waals surface area contributed by atoms with E-state index in [1.54, 1.807) is 44.2 Å². The molecular formula is C29H45BN6O6. The molecular weight excluding hydrogens is 539 g/mol. The first-order valence-corrected chi connectivity index (χ1v) is 14.4. The van der Waals surface area contributed by atoms with Gasteiger partial charge in [-0.15, -0.1) is 0 Å². The Morgan fingerprint density at radius 3 is 2.12 bits per heavy atom. The van der Waals surface area contributed by atoms with Gasteiger partial charge in [0.05, 0.1) is 0 Å². The van der Waals surface area contributed by atoms with Crippen LogP contribution in [0.1, 0.15) is 63.2 Å². The van der Waals surface area contributed by atoms with Crippen LogP contribution in [-0.4, -0.2) is 74.5 Å². The molecule has 1 rings (SSSR count). The number of rotatable bonds is 19. The average molecular weight is 585 g/mol. The highest BCUT2D eigenvalue weighted by molar-refractivity contribution is 6.09. The van der Waals surface area contributed by atoms with Crippen LogP contribution in [0.5, 0.6) is 0 Å².